The van der Waals surface area contributed by atoms with Crippen LogP contribution in [0.5, 0.6) is 0 Å². The molecule has 0 fully saturated rings. The Kier molecular flexibility index (Phi) is 21.6. The van der Waals surface area contributed by atoms with Crippen LogP contribution in [-0.4, -0.2) is 26.2 Å². The molecule has 0 aromatic heterocycles. The first-order valence-corrected chi connectivity index (χ1v) is 14.8. The van der Waals surface area contributed by atoms with Crippen molar-refractivity contribution >= 4 is 11.9 Å². The summed E-state index contributed by atoms with van der Waals surface area (Å²) in [5.41, 5.74) is 5.74. The second-order valence-electron chi connectivity index (χ2n) is 11.3. The predicted octanol–water partition coefficient (Wildman–Crippen LogP) is 9.85. The van der Waals surface area contributed by atoms with E-state index in [4.69, 9.17) is 9.47 Å². The maximum absolute atomic E-state index is 11.4. The van der Waals surface area contributed by atoms with Crippen LogP contribution in [-0.2, 0) is 19.1 Å². The summed E-state index contributed by atoms with van der Waals surface area (Å²) in [6.07, 6.45) is 23.7. The average molecular weight is 531 g/mol. The van der Waals surface area contributed by atoms with E-state index in [1.807, 2.05) is 0 Å². The van der Waals surface area contributed by atoms with Crippen LogP contribution >= 0.6 is 0 Å². The normalized spacial score (nSPS) is 13.5. The molecule has 0 saturated heterocycles. The van der Waals surface area contributed by atoms with Crippen LogP contribution in [0.25, 0.3) is 0 Å². The third kappa shape index (κ3) is 19.9. The van der Waals surface area contributed by atoms with Crippen molar-refractivity contribution in [2.75, 3.05) is 14.2 Å². The maximum atomic E-state index is 11.4. The molecule has 0 aliphatic heterocycles. The monoisotopic (exact) mass is 530 g/mol. The largest absolute Gasteiger partial charge is 0.469 e. The lowest BCUT2D eigenvalue weighted by molar-refractivity contribution is -0.141. The molecule has 0 heterocycles. The fraction of sp³-hybridized carbons (Fsp3) is 0.706. The summed E-state index contributed by atoms with van der Waals surface area (Å²) in [4.78, 5) is 22.6. The summed E-state index contributed by atoms with van der Waals surface area (Å²) in [5, 5.41) is 0. The molecular weight excluding hydrogens is 472 g/mol. The average Bonchev–Trinajstić information content (AvgIpc) is 2.88. The standard InChI is InChI=1S/C34H58O4/c1-27(2)21-24-31(18-14-12-16-20-34(36)38-8)30(6)23-26-32(25-22-28(3)4)29(5)17-13-10-9-11-15-19-33(35)37-7/h17,21-23,31-32H,9-16,18-20,24-26H2,1-8H3. The summed E-state index contributed by atoms with van der Waals surface area (Å²) in [6, 6.07) is 0. The van der Waals surface area contributed by atoms with E-state index < -0.39 is 0 Å². The third-order valence-corrected chi connectivity index (χ3v) is 7.32. The van der Waals surface area contributed by atoms with Crippen LogP contribution in [0, 0.1) is 11.8 Å². The van der Waals surface area contributed by atoms with Crippen LogP contribution in [0.2, 0.25) is 0 Å². The van der Waals surface area contributed by atoms with Crippen LogP contribution in [0.1, 0.15) is 131 Å². The van der Waals surface area contributed by atoms with Crippen LogP contribution in [0.4, 0.5) is 0 Å². The van der Waals surface area contributed by atoms with Gasteiger partial charge in [0.15, 0.2) is 0 Å². The Morgan fingerprint density at radius 2 is 1.00 bits per heavy atom. The van der Waals surface area contributed by atoms with Crippen molar-refractivity contribution in [1.82, 2.24) is 0 Å². The Labute approximate surface area is 235 Å². The minimum Gasteiger partial charge on any atom is -0.469 e. The number of carbonyl (C=O) groups is 2. The molecule has 0 rings (SSSR count). The highest BCUT2D eigenvalue weighted by Crippen LogP contribution is 2.28. The van der Waals surface area contributed by atoms with Crippen LogP contribution < -0.4 is 0 Å². The van der Waals surface area contributed by atoms with Gasteiger partial charge in [0, 0.05) is 12.8 Å². The topological polar surface area (TPSA) is 52.6 Å². The van der Waals surface area contributed by atoms with E-state index in [0.29, 0.717) is 24.7 Å². The molecule has 0 aromatic carbocycles. The molecule has 218 valence electrons. The number of methoxy groups -OCH3 is 2. The van der Waals surface area contributed by atoms with Gasteiger partial charge in [0.2, 0.25) is 0 Å². The minimum absolute atomic E-state index is 0.104. The van der Waals surface area contributed by atoms with Crippen LogP contribution in [0.3, 0.4) is 0 Å². The fourth-order valence-corrected chi connectivity index (χ4v) is 4.55. The lowest BCUT2D eigenvalue weighted by Crippen LogP contribution is -2.05. The molecule has 0 amide bonds. The number of unbranched alkanes of at least 4 members (excludes halogenated alkanes) is 6. The highest BCUT2D eigenvalue weighted by molar-refractivity contribution is 5.69. The van der Waals surface area contributed by atoms with Gasteiger partial charge < -0.3 is 9.47 Å². The van der Waals surface area contributed by atoms with Gasteiger partial charge in [0.25, 0.3) is 0 Å². The zero-order valence-corrected chi connectivity index (χ0v) is 26.0. The Balaban J connectivity index is 5.06. The van der Waals surface area contributed by atoms with Gasteiger partial charge >= 0.3 is 11.9 Å². The van der Waals surface area contributed by atoms with Gasteiger partial charge in [-0.05, 0) is 105 Å². The Morgan fingerprint density at radius 1 is 0.553 bits per heavy atom. The molecular formula is C34H58O4. The van der Waals surface area contributed by atoms with Gasteiger partial charge in [-0.15, -0.1) is 0 Å². The Bertz CT molecular complexity index is 776. The number of hydrogen-bond donors (Lipinski definition) is 0. The quantitative estimate of drug-likeness (QED) is 0.0841. The van der Waals surface area contributed by atoms with Crippen molar-refractivity contribution in [2.45, 2.75) is 131 Å². The highest BCUT2D eigenvalue weighted by atomic mass is 16.5. The molecule has 0 spiro atoms. The van der Waals surface area contributed by atoms with Crippen molar-refractivity contribution in [2.24, 2.45) is 11.8 Å². The minimum atomic E-state index is -0.105. The third-order valence-electron chi connectivity index (χ3n) is 7.32. The molecule has 0 aliphatic rings. The number of hydrogen-bond acceptors (Lipinski definition) is 4. The van der Waals surface area contributed by atoms with Crippen molar-refractivity contribution in [3.8, 4) is 0 Å². The number of rotatable bonds is 21. The number of esters is 2. The summed E-state index contributed by atoms with van der Waals surface area (Å²) in [7, 11) is 2.92. The lowest BCUT2D eigenvalue weighted by atomic mass is 9.86. The van der Waals surface area contributed by atoms with E-state index in [-0.39, 0.29) is 11.9 Å². The van der Waals surface area contributed by atoms with Gasteiger partial charge in [-0.2, -0.15) is 0 Å². The second kappa shape index (κ2) is 22.8. The second-order valence-corrected chi connectivity index (χ2v) is 11.3. The number of ether oxygens (including phenoxy) is 2. The lowest BCUT2D eigenvalue weighted by Gasteiger charge is -2.20. The molecule has 0 bridgehead atoms. The van der Waals surface area contributed by atoms with E-state index >= 15 is 0 Å². The van der Waals surface area contributed by atoms with Crippen molar-refractivity contribution in [1.29, 1.82) is 0 Å². The molecule has 0 N–H and O–H groups in total. The van der Waals surface area contributed by atoms with Gasteiger partial charge in [0.1, 0.15) is 0 Å². The molecule has 0 aliphatic carbocycles. The molecule has 4 heteroatoms. The SMILES string of the molecule is COC(=O)CCCCCCC=C(C)C(CC=C(C)C)CC=C(C)C(CC=C(C)C)CCCCCC(=O)OC. The van der Waals surface area contributed by atoms with E-state index in [9.17, 15) is 9.59 Å². The maximum Gasteiger partial charge on any atom is 0.305 e. The number of carbonyl (C=O) groups excluding carboxylic acids is 2. The molecule has 0 saturated carbocycles. The molecule has 0 radical (unpaired) electrons. The first-order valence-electron chi connectivity index (χ1n) is 14.8. The van der Waals surface area contributed by atoms with Crippen molar-refractivity contribution in [3.05, 3.63) is 46.6 Å². The molecule has 38 heavy (non-hydrogen) atoms. The van der Waals surface area contributed by atoms with Gasteiger partial charge in [0.05, 0.1) is 14.2 Å². The van der Waals surface area contributed by atoms with E-state index in [1.165, 1.54) is 42.9 Å². The Hall–Kier alpha value is -2.10. The van der Waals surface area contributed by atoms with Crippen molar-refractivity contribution < 1.29 is 19.1 Å². The van der Waals surface area contributed by atoms with Crippen molar-refractivity contribution in [3.63, 3.8) is 0 Å². The van der Waals surface area contributed by atoms with E-state index in [1.54, 1.807) is 0 Å². The Morgan fingerprint density at radius 3 is 1.53 bits per heavy atom. The fourth-order valence-electron chi connectivity index (χ4n) is 4.55. The smallest absolute Gasteiger partial charge is 0.305 e. The summed E-state index contributed by atoms with van der Waals surface area (Å²) < 4.78 is 9.49. The predicted molar refractivity (Wildman–Crippen MR) is 162 cm³/mol. The summed E-state index contributed by atoms with van der Waals surface area (Å²) in [6.45, 7) is 13.3. The van der Waals surface area contributed by atoms with Gasteiger partial charge in [-0.1, -0.05) is 72.3 Å². The first-order chi connectivity index (χ1) is 18.1. The van der Waals surface area contributed by atoms with E-state index in [2.05, 4.69) is 65.8 Å². The molecule has 0 aromatic rings. The molecule has 4 nitrogen and oxygen atoms in total. The first kappa shape index (κ1) is 35.9. The highest BCUT2D eigenvalue weighted by Gasteiger charge is 2.13. The molecule has 2 unspecified atom stereocenters. The van der Waals surface area contributed by atoms with Gasteiger partial charge in [-0.25, -0.2) is 0 Å². The zero-order valence-electron chi connectivity index (χ0n) is 26.0. The number of allylic oxidation sites excluding steroid dienone is 8. The summed E-state index contributed by atoms with van der Waals surface area (Å²) in [5.74, 6) is 0.879. The van der Waals surface area contributed by atoms with Crippen LogP contribution in [0.15, 0.2) is 46.6 Å². The summed E-state index contributed by atoms with van der Waals surface area (Å²) >= 11 is 0. The van der Waals surface area contributed by atoms with Gasteiger partial charge in [-0.3, -0.25) is 9.59 Å². The zero-order chi connectivity index (χ0) is 28.8. The van der Waals surface area contributed by atoms with E-state index in [0.717, 1.165) is 70.6 Å². The molecule has 2 atom stereocenters.